The van der Waals surface area contributed by atoms with Crippen LogP contribution in [0.1, 0.15) is 122 Å². The fourth-order valence-electron chi connectivity index (χ4n) is 4.44. The first kappa shape index (κ1) is 24.7. The van der Waals surface area contributed by atoms with Crippen molar-refractivity contribution >= 4 is 0 Å². The van der Waals surface area contributed by atoms with Crippen LogP contribution in [0.15, 0.2) is 42.7 Å². The zero-order valence-electron chi connectivity index (χ0n) is 20.1. The summed E-state index contributed by atoms with van der Waals surface area (Å²) in [6.45, 7) is 7.86. The van der Waals surface area contributed by atoms with Crippen molar-refractivity contribution in [3.8, 4) is 0 Å². The van der Waals surface area contributed by atoms with E-state index in [1.54, 1.807) is 0 Å². The molecule has 2 rings (SSSR count). The molecule has 168 valence electrons. The van der Waals surface area contributed by atoms with Crippen LogP contribution in [0.5, 0.6) is 0 Å². The Bertz CT molecular complexity index is 657. The Labute approximate surface area is 186 Å². The number of aromatic nitrogens is 2. The van der Waals surface area contributed by atoms with Gasteiger partial charge in [0.05, 0.1) is 6.04 Å². The zero-order chi connectivity index (χ0) is 21.4. The van der Waals surface area contributed by atoms with Gasteiger partial charge >= 0.3 is 0 Å². The second-order valence-corrected chi connectivity index (χ2v) is 9.32. The highest BCUT2D eigenvalue weighted by Crippen LogP contribution is 2.14. The molecule has 0 saturated heterocycles. The summed E-state index contributed by atoms with van der Waals surface area (Å²) in [5.41, 5.74) is 1.38. The Morgan fingerprint density at radius 2 is 1.27 bits per heavy atom. The molecule has 1 heterocycles. The van der Waals surface area contributed by atoms with E-state index in [9.17, 15) is 0 Å². The minimum absolute atomic E-state index is 0.527. The summed E-state index contributed by atoms with van der Waals surface area (Å²) in [5.74, 6) is 1.48. The first-order valence-corrected chi connectivity index (χ1v) is 12.9. The second-order valence-electron chi connectivity index (χ2n) is 9.32. The second kappa shape index (κ2) is 15.3. The van der Waals surface area contributed by atoms with Gasteiger partial charge in [0.15, 0.2) is 0 Å². The fourth-order valence-corrected chi connectivity index (χ4v) is 4.44. The lowest BCUT2D eigenvalue weighted by molar-refractivity contribution is -0.722. The largest absolute Gasteiger partial charge is 0.256 e. The van der Waals surface area contributed by atoms with Crippen LogP contribution in [0.3, 0.4) is 0 Å². The number of hydrogen-bond acceptors (Lipinski definition) is 0. The lowest BCUT2D eigenvalue weighted by Crippen LogP contribution is -2.39. The monoisotopic (exact) mass is 411 g/mol. The molecule has 0 atom stereocenters. The van der Waals surface area contributed by atoms with Crippen LogP contribution in [0.25, 0.3) is 0 Å². The van der Waals surface area contributed by atoms with Gasteiger partial charge in [0.2, 0.25) is 0 Å². The maximum atomic E-state index is 2.46. The van der Waals surface area contributed by atoms with E-state index in [0.29, 0.717) is 6.04 Å². The fraction of sp³-hybridized carbons (Fsp3) is 0.679. The van der Waals surface area contributed by atoms with Gasteiger partial charge in [-0.15, -0.1) is 0 Å². The van der Waals surface area contributed by atoms with Gasteiger partial charge in [-0.3, -0.25) is 0 Å². The van der Waals surface area contributed by atoms with E-state index in [0.717, 1.165) is 6.54 Å². The third-order valence-electron chi connectivity index (χ3n) is 6.29. The Hall–Kier alpha value is -1.57. The van der Waals surface area contributed by atoms with Crippen molar-refractivity contribution in [1.29, 1.82) is 0 Å². The van der Waals surface area contributed by atoms with Gasteiger partial charge in [-0.2, -0.15) is 0 Å². The number of hydrogen-bond donors (Lipinski definition) is 0. The molecule has 0 saturated carbocycles. The van der Waals surface area contributed by atoms with Crippen molar-refractivity contribution in [2.45, 2.75) is 123 Å². The Morgan fingerprint density at radius 1 is 0.733 bits per heavy atom. The van der Waals surface area contributed by atoms with Crippen molar-refractivity contribution in [3.63, 3.8) is 0 Å². The van der Waals surface area contributed by atoms with E-state index in [2.05, 4.69) is 72.6 Å². The van der Waals surface area contributed by atoms with E-state index in [4.69, 9.17) is 0 Å². The van der Waals surface area contributed by atoms with Crippen LogP contribution >= 0.6 is 0 Å². The third-order valence-corrected chi connectivity index (χ3v) is 6.29. The first-order valence-electron chi connectivity index (χ1n) is 12.9. The number of benzene rings is 1. The summed E-state index contributed by atoms with van der Waals surface area (Å²) >= 11 is 0. The van der Waals surface area contributed by atoms with E-state index in [1.807, 2.05) is 0 Å². The maximum absolute atomic E-state index is 2.46. The quantitative estimate of drug-likeness (QED) is 0.184. The Morgan fingerprint density at radius 3 is 1.80 bits per heavy atom. The normalized spacial score (nSPS) is 11.5. The molecule has 1 aromatic heterocycles. The SMILES string of the molecule is CCCCCCCCCCCCCCCc1n(Cc2ccccc2)cc[n+]1C(C)C. The summed E-state index contributed by atoms with van der Waals surface area (Å²) in [6.07, 6.45) is 24.2. The van der Waals surface area contributed by atoms with Gasteiger partial charge in [0.25, 0.3) is 5.82 Å². The summed E-state index contributed by atoms with van der Waals surface area (Å²) in [4.78, 5) is 0. The summed E-state index contributed by atoms with van der Waals surface area (Å²) in [7, 11) is 0. The zero-order valence-corrected chi connectivity index (χ0v) is 20.1. The van der Waals surface area contributed by atoms with Crippen LogP contribution in [0.2, 0.25) is 0 Å². The van der Waals surface area contributed by atoms with Crippen molar-refractivity contribution in [2.75, 3.05) is 0 Å². The molecule has 2 aromatic rings. The van der Waals surface area contributed by atoms with Crippen LogP contribution in [-0.4, -0.2) is 4.57 Å². The van der Waals surface area contributed by atoms with E-state index in [1.165, 1.54) is 101 Å². The van der Waals surface area contributed by atoms with E-state index < -0.39 is 0 Å². The van der Waals surface area contributed by atoms with Crippen LogP contribution in [-0.2, 0) is 13.0 Å². The molecular weight excluding hydrogens is 364 g/mol. The minimum atomic E-state index is 0.527. The number of imidazole rings is 1. The summed E-state index contributed by atoms with van der Waals surface area (Å²) in [6, 6.07) is 11.4. The molecule has 0 spiro atoms. The highest BCUT2D eigenvalue weighted by Gasteiger charge is 2.19. The van der Waals surface area contributed by atoms with Crippen LogP contribution in [0, 0.1) is 0 Å². The third kappa shape index (κ3) is 9.49. The highest BCUT2D eigenvalue weighted by molar-refractivity contribution is 5.15. The molecule has 0 aliphatic rings. The average molecular weight is 412 g/mol. The molecule has 0 radical (unpaired) electrons. The van der Waals surface area contributed by atoms with Gasteiger partial charge < -0.3 is 0 Å². The molecule has 0 aliphatic carbocycles. The van der Waals surface area contributed by atoms with E-state index in [-0.39, 0.29) is 0 Å². The minimum Gasteiger partial charge on any atom is -0.232 e. The molecule has 2 heteroatoms. The number of nitrogens with zero attached hydrogens (tertiary/aromatic N) is 2. The van der Waals surface area contributed by atoms with Crippen molar-refractivity contribution in [3.05, 3.63) is 54.1 Å². The van der Waals surface area contributed by atoms with Crippen LogP contribution in [0.4, 0.5) is 0 Å². The van der Waals surface area contributed by atoms with Gasteiger partial charge in [-0.25, -0.2) is 9.13 Å². The maximum Gasteiger partial charge on any atom is 0.256 e. The van der Waals surface area contributed by atoms with Gasteiger partial charge in [0.1, 0.15) is 18.9 Å². The summed E-state index contributed by atoms with van der Waals surface area (Å²) in [5, 5.41) is 0. The lowest BCUT2D eigenvalue weighted by Gasteiger charge is -2.08. The molecule has 0 amide bonds. The van der Waals surface area contributed by atoms with Crippen molar-refractivity contribution in [2.24, 2.45) is 0 Å². The number of unbranched alkanes of at least 4 members (excludes halogenated alkanes) is 12. The molecule has 0 fully saturated rings. The smallest absolute Gasteiger partial charge is 0.232 e. The summed E-state index contributed by atoms with van der Waals surface area (Å²) < 4.78 is 4.92. The Kier molecular flexibility index (Phi) is 12.6. The van der Waals surface area contributed by atoms with Crippen molar-refractivity contribution in [1.82, 2.24) is 4.57 Å². The van der Waals surface area contributed by atoms with Gasteiger partial charge in [-0.05, 0) is 25.8 Å². The molecule has 0 N–H and O–H groups in total. The average Bonchev–Trinajstić information content (AvgIpc) is 3.15. The first-order chi connectivity index (χ1) is 14.7. The lowest BCUT2D eigenvalue weighted by atomic mass is 10.0. The standard InChI is InChI=1S/C28H47N2/c1-4-5-6-7-8-9-10-11-12-13-14-15-19-22-28-29(23-24-30(28)26(2)3)25-27-20-17-16-18-21-27/h16-18,20-21,23-24,26H,4-15,19,22,25H2,1-3H3/q+1. The topological polar surface area (TPSA) is 8.81 Å². The molecule has 2 nitrogen and oxygen atoms in total. The van der Waals surface area contributed by atoms with Crippen LogP contribution < -0.4 is 4.57 Å². The highest BCUT2D eigenvalue weighted by atomic mass is 15.2. The van der Waals surface area contributed by atoms with Gasteiger partial charge in [-0.1, -0.05) is 114 Å². The molecule has 30 heavy (non-hydrogen) atoms. The van der Waals surface area contributed by atoms with E-state index >= 15 is 0 Å². The predicted octanol–water partition coefficient (Wildman–Crippen LogP) is 8.04. The number of rotatable bonds is 17. The predicted molar refractivity (Wildman–Crippen MR) is 130 cm³/mol. The molecule has 1 aromatic carbocycles. The molecule has 0 unspecified atom stereocenters. The molecule has 0 aliphatic heterocycles. The molecule has 0 bridgehead atoms. The van der Waals surface area contributed by atoms with Crippen molar-refractivity contribution < 1.29 is 4.57 Å². The molecular formula is C28H47N2+. The Balaban J connectivity index is 1.62. The van der Waals surface area contributed by atoms with Gasteiger partial charge in [0, 0.05) is 6.42 Å².